The first kappa shape index (κ1) is 18.7. The first-order valence-corrected chi connectivity index (χ1v) is 9.64. The fraction of sp³-hybridized carbons (Fsp3) is 0.500. The number of hydrogen-bond donors (Lipinski definition) is 3. The number of aliphatic imine (C=N–C) groups is 1. The first-order chi connectivity index (χ1) is 13.4. The lowest BCUT2D eigenvalue weighted by molar-refractivity contribution is -0.548. The van der Waals surface area contributed by atoms with Crippen molar-refractivity contribution in [3.8, 4) is 0 Å². The summed E-state index contributed by atoms with van der Waals surface area (Å²) in [6.07, 6.45) is 10.9. The molecular formula is C20H25FN5O2+. The van der Waals surface area contributed by atoms with E-state index < -0.39 is 12.3 Å². The van der Waals surface area contributed by atoms with Gasteiger partial charge in [0.1, 0.15) is 6.17 Å². The van der Waals surface area contributed by atoms with Crippen LogP contribution in [-0.2, 0) is 9.59 Å². The van der Waals surface area contributed by atoms with Crippen LogP contribution >= 0.6 is 0 Å². The highest BCUT2D eigenvalue weighted by Crippen LogP contribution is 2.36. The Morgan fingerprint density at radius 3 is 2.89 bits per heavy atom. The Kier molecular flexibility index (Phi) is 4.97. The molecule has 2 amide bonds. The molecule has 3 N–H and O–H groups in total. The summed E-state index contributed by atoms with van der Waals surface area (Å²) in [5.41, 5.74) is 6.90. The molecule has 0 bridgehead atoms. The number of allylic oxidation sites excluding steroid dienone is 2. The molecule has 1 fully saturated rings. The third-order valence-electron chi connectivity index (χ3n) is 5.76. The van der Waals surface area contributed by atoms with Gasteiger partial charge in [-0.05, 0) is 30.1 Å². The van der Waals surface area contributed by atoms with Crippen molar-refractivity contribution < 1.29 is 18.6 Å². The van der Waals surface area contributed by atoms with Gasteiger partial charge in [-0.15, -0.1) is 0 Å². The Labute approximate surface area is 163 Å². The second-order valence-electron chi connectivity index (χ2n) is 7.82. The molecule has 0 spiro atoms. The van der Waals surface area contributed by atoms with Gasteiger partial charge in [0.2, 0.25) is 5.91 Å². The summed E-state index contributed by atoms with van der Waals surface area (Å²) in [6.45, 7) is 3.91. The SMILES string of the molecule is CC(=O)NNC(=O)C1NCC2C=C(C3=CC=NC3C3C=CC(F)C(C)C3)C=[N+]21. The van der Waals surface area contributed by atoms with Gasteiger partial charge in [0, 0.05) is 24.6 Å². The zero-order chi connectivity index (χ0) is 19.8. The molecule has 0 aromatic rings. The Morgan fingerprint density at radius 2 is 2.14 bits per heavy atom. The molecule has 4 aliphatic rings. The summed E-state index contributed by atoms with van der Waals surface area (Å²) in [7, 11) is 0. The van der Waals surface area contributed by atoms with Crippen LogP contribution in [0.4, 0.5) is 4.39 Å². The lowest BCUT2D eigenvalue weighted by Gasteiger charge is -2.28. The van der Waals surface area contributed by atoms with E-state index in [1.165, 1.54) is 6.92 Å². The molecule has 28 heavy (non-hydrogen) atoms. The van der Waals surface area contributed by atoms with Crippen LogP contribution < -0.4 is 16.2 Å². The summed E-state index contributed by atoms with van der Waals surface area (Å²) in [4.78, 5) is 28.0. The molecule has 7 nitrogen and oxygen atoms in total. The van der Waals surface area contributed by atoms with Crippen LogP contribution in [0.25, 0.3) is 0 Å². The van der Waals surface area contributed by atoms with E-state index in [1.54, 1.807) is 6.08 Å². The van der Waals surface area contributed by atoms with Crippen molar-refractivity contribution in [1.29, 1.82) is 0 Å². The van der Waals surface area contributed by atoms with Gasteiger partial charge in [0.05, 0.1) is 12.6 Å². The van der Waals surface area contributed by atoms with Crippen LogP contribution in [0.2, 0.25) is 0 Å². The minimum absolute atomic E-state index is 0.0113. The summed E-state index contributed by atoms with van der Waals surface area (Å²) >= 11 is 0. The number of amides is 2. The van der Waals surface area contributed by atoms with Crippen molar-refractivity contribution >= 4 is 24.2 Å². The van der Waals surface area contributed by atoms with Crippen LogP contribution in [0.5, 0.6) is 0 Å². The predicted molar refractivity (Wildman–Crippen MR) is 104 cm³/mol. The highest BCUT2D eigenvalue weighted by atomic mass is 19.1. The summed E-state index contributed by atoms with van der Waals surface area (Å²) in [5.74, 6) is -0.472. The summed E-state index contributed by atoms with van der Waals surface area (Å²) in [6, 6.07) is 0.0506. The summed E-state index contributed by atoms with van der Waals surface area (Å²) in [5, 5.41) is 3.16. The Bertz CT molecular complexity index is 844. The molecule has 148 valence electrons. The van der Waals surface area contributed by atoms with Crippen LogP contribution in [0.15, 0.2) is 40.4 Å². The highest BCUT2D eigenvalue weighted by molar-refractivity contribution is 5.91. The number of carbonyl (C=O) groups is 2. The Balaban J connectivity index is 1.48. The maximum atomic E-state index is 13.8. The van der Waals surface area contributed by atoms with Gasteiger partial charge in [-0.3, -0.25) is 25.4 Å². The van der Waals surface area contributed by atoms with E-state index in [0.29, 0.717) is 6.54 Å². The van der Waals surface area contributed by atoms with Crippen molar-refractivity contribution in [1.82, 2.24) is 16.2 Å². The number of fused-ring (bicyclic) bond motifs is 1. The van der Waals surface area contributed by atoms with E-state index in [9.17, 15) is 14.0 Å². The van der Waals surface area contributed by atoms with Crippen LogP contribution in [0.3, 0.4) is 0 Å². The molecule has 3 heterocycles. The number of halogens is 1. The monoisotopic (exact) mass is 386 g/mol. The highest BCUT2D eigenvalue weighted by Gasteiger charge is 2.45. The average Bonchev–Trinajstić information content (AvgIpc) is 3.36. The predicted octanol–water partition coefficient (Wildman–Crippen LogP) is 0.405. The number of alkyl halides is 1. The zero-order valence-electron chi connectivity index (χ0n) is 15.9. The first-order valence-electron chi connectivity index (χ1n) is 9.64. The van der Waals surface area contributed by atoms with E-state index in [2.05, 4.69) is 27.2 Å². The number of rotatable bonds is 3. The Hall–Kier alpha value is -2.61. The quantitative estimate of drug-likeness (QED) is 0.373. The molecular weight excluding hydrogens is 361 g/mol. The number of hydrazine groups is 1. The molecule has 6 unspecified atom stereocenters. The standard InChI is InChI=1S/C20H24FN5O2/c1-11-7-13(3-4-17(11)21)18-16(5-6-22-18)14-8-15-9-23-19(26(15)10-14)20(28)25-24-12(2)27/h3-6,8,10-11,13,15,17-19,23H,7,9H2,1-2H3,(H-,24,25,27,28)/p+1. The Morgan fingerprint density at radius 1 is 1.32 bits per heavy atom. The van der Waals surface area contributed by atoms with Crippen LogP contribution in [-0.4, -0.2) is 59.8 Å². The van der Waals surface area contributed by atoms with E-state index in [4.69, 9.17) is 0 Å². The van der Waals surface area contributed by atoms with Crippen LogP contribution in [0.1, 0.15) is 20.3 Å². The smallest absolute Gasteiger partial charge is 0.284 e. The fourth-order valence-corrected chi connectivity index (χ4v) is 4.29. The molecule has 0 aromatic carbocycles. The summed E-state index contributed by atoms with van der Waals surface area (Å²) < 4.78 is 15.7. The minimum atomic E-state index is -0.884. The van der Waals surface area contributed by atoms with E-state index in [0.717, 1.165) is 17.6 Å². The lowest BCUT2D eigenvalue weighted by atomic mass is 9.79. The van der Waals surface area contributed by atoms with Gasteiger partial charge in [-0.2, -0.15) is 0 Å². The molecule has 1 aliphatic carbocycles. The van der Waals surface area contributed by atoms with Gasteiger partial charge in [-0.1, -0.05) is 19.1 Å². The maximum Gasteiger partial charge on any atom is 0.323 e. The molecule has 8 heteroatoms. The normalized spacial score (nSPS) is 35.9. The maximum absolute atomic E-state index is 13.8. The van der Waals surface area contributed by atoms with E-state index in [-0.39, 0.29) is 35.7 Å². The second kappa shape index (κ2) is 7.43. The van der Waals surface area contributed by atoms with Gasteiger partial charge >= 0.3 is 5.91 Å². The van der Waals surface area contributed by atoms with E-state index in [1.807, 2.05) is 36.1 Å². The topological polar surface area (TPSA) is 85.6 Å². The van der Waals surface area contributed by atoms with Gasteiger partial charge in [0.25, 0.3) is 6.17 Å². The molecule has 6 atom stereocenters. The van der Waals surface area contributed by atoms with E-state index >= 15 is 0 Å². The van der Waals surface area contributed by atoms with Crippen molar-refractivity contribution in [2.24, 2.45) is 16.8 Å². The van der Waals surface area contributed by atoms with Gasteiger partial charge < -0.3 is 0 Å². The third kappa shape index (κ3) is 3.44. The molecule has 0 radical (unpaired) electrons. The minimum Gasteiger partial charge on any atom is -0.284 e. The molecule has 0 aromatic heterocycles. The number of nitrogens with zero attached hydrogens (tertiary/aromatic N) is 2. The molecule has 4 rings (SSSR count). The van der Waals surface area contributed by atoms with Crippen molar-refractivity contribution in [2.45, 2.75) is 44.7 Å². The van der Waals surface area contributed by atoms with Crippen molar-refractivity contribution in [3.05, 3.63) is 35.5 Å². The number of nitrogens with one attached hydrogen (secondary N) is 3. The van der Waals surface area contributed by atoms with Crippen molar-refractivity contribution in [3.63, 3.8) is 0 Å². The average molecular weight is 386 g/mol. The van der Waals surface area contributed by atoms with Crippen LogP contribution in [0, 0.1) is 11.8 Å². The molecule has 0 saturated carbocycles. The fourth-order valence-electron chi connectivity index (χ4n) is 4.29. The molecule has 1 saturated heterocycles. The second-order valence-corrected chi connectivity index (χ2v) is 7.82. The van der Waals surface area contributed by atoms with Gasteiger partial charge in [0.15, 0.2) is 12.3 Å². The third-order valence-corrected chi connectivity index (χ3v) is 5.76. The van der Waals surface area contributed by atoms with Gasteiger partial charge in [-0.25, -0.2) is 14.3 Å². The number of carbonyl (C=O) groups excluding carboxylic acids is 2. The lowest BCUT2D eigenvalue weighted by Crippen LogP contribution is -2.51. The number of hydrogen-bond acceptors (Lipinski definition) is 4. The molecule has 3 aliphatic heterocycles. The largest absolute Gasteiger partial charge is 0.323 e. The van der Waals surface area contributed by atoms with Crippen molar-refractivity contribution in [2.75, 3.05) is 6.54 Å². The zero-order valence-corrected chi connectivity index (χ0v) is 15.9.